The number of phosphoric acid groups is 3. The first-order chi connectivity index (χ1) is 69.7. The molecule has 4 fully saturated rings. The summed E-state index contributed by atoms with van der Waals surface area (Å²) in [7, 11) is -15.0. The lowest BCUT2D eigenvalue weighted by atomic mass is 10.1. The van der Waals surface area contributed by atoms with Crippen molar-refractivity contribution in [2.24, 2.45) is 16.0 Å². The number of amides is 3. The van der Waals surface area contributed by atoms with Crippen LogP contribution in [-0.2, 0) is 111 Å². The zero-order valence-corrected chi connectivity index (χ0v) is 84.5. The van der Waals surface area contributed by atoms with Crippen molar-refractivity contribution in [3.63, 3.8) is 0 Å². The number of ether oxygens (including phenoxy) is 9. The van der Waals surface area contributed by atoms with E-state index in [9.17, 15) is 105 Å². The molecule has 8 aromatic rings. The van der Waals surface area contributed by atoms with Gasteiger partial charge < -0.3 is 127 Å². The molecule has 6 aromatic heterocycles. The number of alkyl carbamates (subject to hydrolysis) is 3. The fourth-order valence-electron chi connectivity index (χ4n) is 14.2. The van der Waals surface area contributed by atoms with Crippen LogP contribution in [0, 0.1) is 0 Å². The lowest BCUT2D eigenvalue weighted by molar-refractivity contribution is -0.192. The summed E-state index contributed by atoms with van der Waals surface area (Å²) in [6, 6.07) is 12.9. The van der Waals surface area contributed by atoms with E-state index in [2.05, 4.69) is 84.9 Å². The van der Waals surface area contributed by atoms with Gasteiger partial charge in [0.2, 0.25) is 0 Å². The number of nitrogen functional groups attached to an aromatic ring is 4. The molecule has 4 aliphatic heterocycles. The molecule has 4 saturated heterocycles. The molecule has 0 radical (unpaired) electrons. The number of rotatable bonds is 45. The van der Waals surface area contributed by atoms with Gasteiger partial charge in [-0.1, -0.05) is 102 Å². The van der Waals surface area contributed by atoms with Crippen molar-refractivity contribution in [2.75, 3.05) is 75.0 Å². The minimum Gasteiger partial charge on any atom is -0.475 e. The number of esters is 2. The van der Waals surface area contributed by atoms with Crippen molar-refractivity contribution in [3.05, 3.63) is 151 Å². The van der Waals surface area contributed by atoms with Gasteiger partial charge in [0, 0.05) is 70.0 Å². The molecule has 148 heavy (non-hydrogen) atoms. The number of phosphoric ester groups is 3. The van der Waals surface area contributed by atoms with Crippen molar-refractivity contribution in [1.29, 1.82) is 0 Å². The van der Waals surface area contributed by atoms with Gasteiger partial charge in [-0.3, -0.25) is 41.2 Å². The number of nitrogens with one attached hydrogen (secondary N) is 3. The van der Waals surface area contributed by atoms with Gasteiger partial charge in [0.1, 0.15) is 134 Å². The number of benzene rings is 2. The van der Waals surface area contributed by atoms with Crippen molar-refractivity contribution in [3.8, 4) is 0 Å². The summed E-state index contributed by atoms with van der Waals surface area (Å²) in [5, 5.41) is 45.0. The predicted octanol–water partition coefficient (Wildman–Crippen LogP) is 5.11. The van der Waals surface area contributed by atoms with Crippen molar-refractivity contribution in [2.45, 2.75) is 193 Å². The quantitative estimate of drug-likeness (QED) is 0.00448. The third kappa shape index (κ3) is 35.2. The number of carbonyl (C=O) groups is 6. The average molecular weight is 2250 g/mol. The number of nitrogens with zero attached hydrogens (tertiary/aromatic N) is 18. The number of aliphatic carboxylic acids is 1. The van der Waals surface area contributed by atoms with E-state index in [1.165, 1.54) is 89.5 Å². The maximum Gasteiger partial charge on any atom is 0.570 e. The number of carboxylic acids is 1. The highest BCUT2D eigenvalue weighted by atomic mass is 33.1. The number of aromatic nitrogens is 12. The number of carbonyl (C=O) groups excluding carboxylic acids is 5. The SMILES string of the molecule is CSS[C@@H](CC[C@H](N)C(=O)O[C@H]1[C@@H](O)[C@H](n2cnc3c(N)ncnc32)O[C@@H]1COP(=O)(O)O[C@H]1C[C@H](n2ccc(N)nc2=O)O[C@@H]1COP(=O)(O)O)CNC(=O)OCc1ccccc1N=[N+]=[N-].CSS[C@@H](CC[C@H](NC(=O)OC(C)(C)C)C(=O)O[C@H]1[C@@H](O)[C@H](n2cnc3c(N)ncnc32)O[C@@H]1CO[P+](O)(O)O[C@H]1C[C@H](n2ccc(N)nc2=O)O[C@@H]1COP(=O)(O)O)CNC(=O)OCc1ccccc1N=[N+]=[N-].O=C(O)C(F)(F)F. The van der Waals surface area contributed by atoms with Crippen LogP contribution >= 0.6 is 74.8 Å². The largest absolute Gasteiger partial charge is 0.570 e. The van der Waals surface area contributed by atoms with E-state index in [1.54, 1.807) is 75.6 Å². The number of halogens is 3. The van der Waals surface area contributed by atoms with Gasteiger partial charge in [0.15, 0.2) is 47.6 Å². The van der Waals surface area contributed by atoms with E-state index >= 15 is 0 Å². The van der Waals surface area contributed by atoms with E-state index in [1.807, 2.05) is 6.26 Å². The predicted molar refractivity (Wildman–Crippen MR) is 511 cm³/mol. The zero-order chi connectivity index (χ0) is 109. The summed E-state index contributed by atoms with van der Waals surface area (Å²) in [5.74, 6) is -5.12. The Kier molecular flexibility index (Phi) is 42.9. The maximum atomic E-state index is 14.3. The number of hydrogen-bond donors (Lipinski definition) is 18. The third-order valence-electron chi connectivity index (χ3n) is 20.8. The van der Waals surface area contributed by atoms with Gasteiger partial charge in [-0.05, 0) is 93.3 Å². The second-order valence-electron chi connectivity index (χ2n) is 32.4. The summed E-state index contributed by atoms with van der Waals surface area (Å²) in [6.07, 6.45) is -18.4. The minimum absolute atomic E-state index is 0.00151. The second-order valence-corrected chi connectivity index (χ2v) is 43.3. The smallest absolute Gasteiger partial charge is 0.475 e. The van der Waals surface area contributed by atoms with E-state index < -0.39 is 221 Å². The summed E-state index contributed by atoms with van der Waals surface area (Å²) in [5.41, 5.74) is 46.3. The molecule has 2 aromatic carbocycles. The molecule has 10 heterocycles. The molecule has 23 N–H and O–H groups in total. The standard InChI is InChI=1S/C39H53N13O18P2S2.C34H45N13O16P2S2.C2HF3O2/c1-39(2,3)69-38(57)47-23(10-9-21(74-73-4)14-43-37(56)63-15-20-7-5-6-8-22(20)49-50-42)35(54)68-31-26(67-34(30(31)53)52-19-46-29-32(41)44-18-45-33(29)52)17-65-72(61,62)70-24-13-28(51-12-11-27(40)48-36(51)55)66-25(24)16-64-71(58,59)60;1-66-67-18(11-39-34(51)57-12-17-4-2-3-5-20(17)44-45-38)6-7-19(35)32(49)62-28-23(61-31(27(28)48)47-16-42-26-29(37)40-15-41-30(26)47)14-59-65(55,56)63-21-10-25(46-9-8-24(36)43-33(46)50)60-22(21)13-58-64(52,53)54;3-2(4,5)1(6)7/h5-8,11-12,18-19,21,23-26,28,30-31,34,53,61-62H,9-10,13-17H2,1-4H3,(H7-,40,41,43,44,45,47,48,55,56,57,58,59,60);2-5,8-9,15-16,18-19,21-23,25,27-28,31,48H,6-7,10-14,35H2,1H3,(H,39,51)(H,55,56)(H2,36,43,50)(H2,37,40,41)(H2,52,53,54);(H,6,7)/p+1/t21-,23-,24-,25+,26+,28+,30+,31+,34+;18-,19-,21-,22+,23+,25+,27+,28+,31+;/m00./s1. The van der Waals surface area contributed by atoms with Crippen molar-refractivity contribution >= 4 is 168 Å². The number of hydrogen-bond acceptors (Lipinski definition) is 49. The number of nitrogens with two attached hydrogens (primary N) is 5. The molecular weight excluding hydrogens is 2150 g/mol. The molecule has 0 spiro atoms. The van der Waals surface area contributed by atoms with E-state index in [-0.39, 0.29) is 121 Å². The Morgan fingerprint density at radius 1 is 0.595 bits per heavy atom. The van der Waals surface area contributed by atoms with Crippen molar-refractivity contribution < 1.29 is 175 Å². The van der Waals surface area contributed by atoms with Crippen LogP contribution in [0.4, 0.5) is 62.2 Å². The molecule has 1 unspecified atom stereocenters. The Labute approximate surface area is 847 Å². The van der Waals surface area contributed by atoms with E-state index in [0.29, 0.717) is 16.8 Å². The third-order valence-corrected chi connectivity index (χ3v) is 28.3. The number of carboxylic acid groups (broad SMARTS) is 1. The van der Waals surface area contributed by atoms with Crippen LogP contribution in [0.2, 0.25) is 0 Å². The molecule has 73 heteroatoms. The highest BCUT2D eigenvalue weighted by molar-refractivity contribution is 8.77. The Bertz CT molecular complexity index is 6320. The van der Waals surface area contributed by atoms with Crippen LogP contribution in [0.5, 0.6) is 0 Å². The summed E-state index contributed by atoms with van der Waals surface area (Å²) in [4.78, 5) is 209. The summed E-state index contributed by atoms with van der Waals surface area (Å²) < 4.78 is 155. The maximum absolute atomic E-state index is 14.3. The molecular formula is C75H100F3N26O36P4S4+. The Hall–Kier alpha value is -11.2. The first-order valence-corrected chi connectivity index (χ1v) is 54.3. The zero-order valence-electron chi connectivity index (χ0n) is 77.6. The molecule has 19 atom stereocenters. The number of anilines is 4. The lowest BCUT2D eigenvalue weighted by Gasteiger charge is -2.26. The highest BCUT2D eigenvalue weighted by Crippen LogP contribution is 2.57. The topological polar surface area (TPSA) is 915 Å². The molecule has 0 bridgehead atoms. The highest BCUT2D eigenvalue weighted by Gasteiger charge is 2.56. The van der Waals surface area contributed by atoms with Gasteiger partial charge in [-0.25, -0.2) is 77.2 Å². The van der Waals surface area contributed by atoms with Crippen LogP contribution in [0.3, 0.4) is 0 Å². The fraction of sp³-hybridized carbons (Fsp3) is 0.520. The van der Waals surface area contributed by atoms with E-state index in [0.717, 1.165) is 21.8 Å². The minimum atomic E-state index is -5.22. The van der Waals surface area contributed by atoms with Gasteiger partial charge in [-0.2, -0.15) is 37.4 Å². The van der Waals surface area contributed by atoms with E-state index in [4.69, 9.17) is 110 Å². The molecule has 0 aliphatic carbocycles. The van der Waals surface area contributed by atoms with Crippen LogP contribution in [0.25, 0.3) is 43.2 Å². The number of imidazole rings is 2. The fourth-order valence-corrected chi connectivity index (χ4v) is 20.7. The van der Waals surface area contributed by atoms with Crippen LogP contribution in [0.1, 0.15) is 95.3 Å². The number of azide groups is 2. The molecule has 3 amide bonds. The molecule has 62 nitrogen and oxygen atoms in total. The second kappa shape index (κ2) is 53.5. The number of fused-ring (bicyclic) bond motifs is 2. The number of aliphatic hydroxyl groups excluding tert-OH is 2. The van der Waals surface area contributed by atoms with Gasteiger partial charge in [0.25, 0.3) is 0 Å². The van der Waals surface area contributed by atoms with Crippen molar-refractivity contribution in [1.82, 2.24) is 74.1 Å². The monoisotopic (exact) mass is 2250 g/mol. The number of aliphatic hydroxyl groups is 2. The first kappa shape index (κ1) is 119. The van der Waals surface area contributed by atoms with Gasteiger partial charge in [-0.15, -0.1) is 4.52 Å². The first-order valence-electron chi connectivity index (χ1n) is 42.9. The molecule has 0 saturated carbocycles. The molecule has 810 valence electrons. The van der Waals surface area contributed by atoms with Crippen LogP contribution in [-0.4, -0.2) is 291 Å². The summed E-state index contributed by atoms with van der Waals surface area (Å²) in [6.45, 7) is 1.07. The molecule has 12 rings (SSSR count). The Morgan fingerprint density at radius 2 is 1.03 bits per heavy atom. The lowest BCUT2D eigenvalue weighted by Crippen LogP contribution is -2.48. The molecule has 4 aliphatic rings. The average Bonchev–Trinajstić information content (AvgIpc) is 1.62. The van der Waals surface area contributed by atoms with Gasteiger partial charge >= 0.3 is 85.4 Å². The number of alkyl halides is 3. The van der Waals surface area contributed by atoms with Gasteiger partial charge in [0.05, 0.1) is 32.5 Å². The van der Waals surface area contributed by atoms with Crippen LogP contribution < -0.4 is 56.0 Å². The summed E-state index contributed by atoms with van der Waals surface area (Å²) >= 11 is 0. The Morgan fingerprint density at radius 3 is 1.47 bits per heavy atom. The van der Waals surface area contributed by atoms with Crippen LogP contribution in [0.15, 0.2) is 118 Å². The normalized spacial score (nSPS) is 22.1. The Balaban J connectivity index is 0.000000285.